The van der Waals surface area contributed by atoms with Crippen molar-refractivity contribution in [3.63, 3.8) is 0 Å². The van der Waals surface area contributed by atoms with Crippen LogP contribution in [0.15, 0.2) is 40.0 Å². The number of thioether (sulfide) groups is 1. The summed E-state index contributed by atoms with van der Waals surface area (Å²) in [7, 11) is 1.31. The molecule has 1 N–H and O–H groups in total. The number of anilines is 1. The molecule has 0 saturated heterocycles. The highest BCUT2D eigenvalue weighted by Gasteiger charge is 2.21. The van der Waals surface area contributed by atoms with Gasteiger partial charge in [0, 0.05) is 15.9 Å². The number of rotatable bonds is 9. The van der Waals surface area contributed by atoms with Crippen LogP contribution >= 0.6 is 39.0 Å². The summed E-state index contributed by atoms with van der Waals surface area (Å²) in [6.45, 7) is 6.40. The summed E-state index contributed by atoms with van der Waals surface area (Å²) in [5.41, 5.74) is 0.353. The number of halogens is 1. The Bertz CT molecular complexity index is 1100. The quantitative estimate of drug-likeness (QED) is 0.299. The summed E-state index contributed by atoms with van der Waals surface area (Å²) in [5.74, 6) is 0.811. The van der Waals surface area contributed by atoms with Crippen LogP contribution in [0.2, 0.25) is 0 Å². The van der Waals surface area contributed by atoms with Crippen molar-refractivity contribution in [3.05, 3.63) is 51.1 Å². The second-order valence-corrected chi connectivity index (χ2v) is 9.84. The van der Waals surface area contributed by atoms with Gasteiger partial charge in [-0.2, -0.15) is 0 Å². The fourth-order valence-corrected chi connectivity index (χ4v) is 4.93. The van der Waals surface area contributed by atoms with Gasteiger partial charge in [-0.1, -0.05) is 27.7 Å². The van der Waals surface area contributed by atoms with Crippen LogP contribution < -0.4 is 10.1 Å². The molecule has 1 aromatic carbocycles. The van der Waals surface area contributed by atoms with Crippen molar-refractivity contribution in [2.75, 3.05) is 18.2 Å². The molecular formula is C21H23BrN4O4S2. The molecule has 170 valence electrons. The van der Waals surface area contributed by atoms with Gasteiger partial charge in [-0.3, -0.25) is 4.79 Å². The number of hydrogen-bond donors (Lipinski definition) is 1. The fraction of sp³-hybridized carbons (Fsp3) is 0.333. The molecule has 1 unspecified atom stereocenters. The van der Waals surface area contributed by atoms with E-state index in [0.29, 0.717) is 28.1 Å². The van der Waals surface area contributed by atoms with Crippen molar-refractivity contribution in [2.24, 2.45) is 0 Å². The minimum absolute atomic E-state index is 0.123. The minimum atomic E-state index is -0.479. The smallest absolute Gasteiger partial charge is 0.340 e. The Hall–Kier alpha value is -2.37. The lowest BCUT2D eigenvalue weighted by molar-refractivity contribution is -0.113. The Labute approximate surface area is 202 Å². The standard InChI is InChI=1S/C21H23BrN4O4S2/c1-5-26-18(13(3)30-15-8-6-14(22)7-9-15)24-25-21(26)31-11-17(27)23-19-16(20(28)29-4)10-12(2)32-19/h6-10,13H,5,11H2,1-4H3,(H,23,27). The van der Waals surface area contributed by atoms with Crippen molar-refractivity contribution in [1.82, 2.24) is 14.8 Å². The molecule has 0 spiro atoms. The van der Waals surface area contributed by atoms with Crippen LogP contribution in [-0.2, 0) is 16.1 Å². The van der Waals surface area contributed by atoms with Crippen LogP contribution in [0.25, 0.3) is 0 Å². The van der Waals surface area contributed by atoms with E-state index in [1.165, 1.54) is 30.2 Å². The van der Waals surface area contributed by atoms with Gasteiger partial charge in [-0.25, -0.2) is 4.79 Å². The van der Waals surface area contributed by atoms with E-state index >= 15 is 0 Å². The lowest BCUT2D eigenvalue weighted by Gasteiger charge is -2.15. The first-order chi connectivity index (χ1) is 15.3. The Morgan fingerprint density at radius 3 is 2.66 bits per heavy atom. The van der Waals surface area contributed by atoms with Gasteiger partial charge in [0.2, 0.25) is 5.91 Å². The van der Waals surface area contributed by atoms with E-state index in [0.717, 1.165) is 15.1 Å². The molecule has 0 saturated carbocycles. The Kier molecular flexibility index (Phi) is 8.32. The first kappa shape index (κ1) is 24.3. The molecule has 2 heterocycles. The number of carbonyl (C=O) groups excluding carboxylic acids is 2. The SMILES string of the molecule is CCn1c(SCC(=O)Nc2sc(C)cc2C(=O)OC)nnc1C(C)Oc1ccc(Br)cc1. The number of amides is 1. The highest BCUT2D eigenvalue weighted by Crippen LogP contribution is 2.29. The molecule has 0 aliphatic rings. The number of aromatic nitrogens is 3. The van der Waals surface area contributed by atoms with E-state index in [2.05, 4.69) is 31.4 Å². The predicted octanol–water partition coefficient (Wildman–Crippen LogP) is 5.09. The third kappa shape index (κ3) is 5.90. The summed E-state index contributed by atoms with van der Waals surface area (Å²) in [6.07, 6.45) is -0.316. The highest BCUT2D eigenvalue weighted by molar-refractivity contribution is 9.10. The summed E-state index contributed by atoms with van der Waals surface area (Å²) in [4.78, 5) is 25.3. The maximum atomic E-state index is 12.5. The van der Waals surface area contributed by atoms with E-state index in [-0.39, 0.29) is 17.8 Å². The summed E-state index contributed by atoms with van der Waals surface area (Å²) >= 11 is 6.02. The summed E-state index contributed by atoms with van der Waals surface area (Å²) in [6, 6.07) is 9.27. The van der Waals surface area contributed by atoms with E-state index in [4.69, 9.17) is 9.47 Å². The summed E-state index contributed by atoms with van der Waals surface area (Å²) < 4.78 is 13.7. The number of aryl methyl sites for hydroxylation is 1. The van der Waals surface area contributed by atoms with Crippen molar-refractivity contribution < 1.29 is 19.1 Å². The molecule has 0 bridgehead atoms. The minimum Gasteiger partial charge on any atom is -0.483 e. The first-order valence-corrected chi connectivity index (χ1v) is 12.4. The van der Waals surface area contributed by atoms with E-state index in [9.17, 15) is 9.59 Å². The lowest BCUT2D eigenvalue weighted by atomic mass is 10.3. The molecule has 32 heavy (non-hydrogen) atoms. The van der Waals surface area contributed by atoms with Gasteiger partial charge in [0.25, 0.3) is 0 Å². The number of ether oxygens (including phenoxy) is 2. The number of thiophene rings is 1. The molecule has 11 heteroatoms. The number of benzene rings is 1. The van der Waals surface area contributed by atoms with E-state index in [1.807, 2.05) is 49.6 Å². The zero-order valence-electron chi connectivity index (χ0n) is 18.0. The van der Waals surface area contributed by atoms with Crippen molar-refractivity contribution in [2.45, 2.75) is 38.6 Å². The molecule has 0 radical (unpaired) electrons. The van der Waals surface area contributed by atoms with Gasteiger partial charge in [-0.05, 0) is 51.1 Å². The Morgan fingerprint density at radius 2 is 2.00 bits per heavy atom. The zero-order chi connectivity index (χ0) is 23.3. The Morgan fingerprint density at radius 1 is 1.28 bits per heavy atom. The van der Waals surface area contributed by atoms with E-state index < -0.39 is 5.97 Å². The maximum Gasteiger partial charge on any atom is 0.340 e. The second kappa shape index (κ2) is 11.0. The van der Waals surface area contributed by atoms with Crippen molar-refractivity contribution >= 4 is 55.9 Å². The molecule has 1 atom stereocenters. The fourth-order valence-electron chi connectivity index (χ4n) is 2.94. The zero-order valence-corrected chi connectivity index (χ0v) is 21.3. The van der Waals surface area contributed by atoms with Crippen LogP contribution in [0, 0.1) is 6.92 Å². The molecule has 0 aliphatic carbocycles. The number of nitrogens with one attached hydrogen (secondary N) is 1. The molecule has 3 aromatic rings. The van der Waals surface area contributed by atoms with Crippen molar-refractivity contribution in [3.8, 4) is 5.75 Å². The van der Waals surface area contributed by atoms with Crippen LogP contribution in [0.1, 0.15) is 41.0 Å². The molecule has 0 aliphatic heterocycles. The molecule has 2 aromatic heterocycles. The number of methoxy groups -OCH3 is 1. The van der Waals surface area contributed by atoms with Crippen LogP contribution in [0.4, 0.5) is 5.00 Å². The van der Waals surface area contributed by atoms with Gasteiger partial charge >= 0.3 is 5.97 Å². The Balaban J connectivity index is 1.64. The number of carbonyl (C=O) groups is 2. The van der Waals surface area contributed by atoms with Gasteiger partial charge in [0.15, 0.2) is 17.1 Å². The van der Waals surface area contributed by atoms with Crippen LogP contribution in [-0.4, -0.2) is 39.5 Å². The van der Waals surface area contributed by atoms with Gasteiger partial charge in [-0.15, -0.1) is 21.5 Å². The third-order valence-corrected chi connectivity index (χ3v) is 6.86. The molecular weight excluding hydrogens is 516 g/mol. The van der Waals surface area contributed by atoms with Gasteiger partial charge in [0.1, 0.15) is 10.8 Å². The van der Waals surface area contributed by atoms with E-state index in [1.54, 1.807) is 6.07 Å². The van der Waals surface area contributed by atoms with Gasteiger partial charge in [0.05, 0.1) is 18.4 Å². The van der Waals surface area contributed by atoms with Crippen LogP contribution in [0.3, 0.4) is 0 Å². The van der Waals surface area contributed by atoms with Crippen LogP contribution in [0.5, 0.6) is 5.75 Å². The second-order valence-electron chi connectivity index (χ2n) is 6.73. The largest absolute Gasteiger partial charge is 0.483 e. The summed E-state index contributed by atoms with van der Waals surface area (Å²) in [5, 5.41) is 12.4. The molecule has 3 rings (SSSR count). The normalized spacial score (nSPS) is 11.8. The molecule has 1 amide bonds. The topological polar surface area (TPSA) is 95.3 Å². The lowest BCUT2D eigenvalue weighted by Crippen LogP contribution is -2.16. The monoisotopic (exact) mass is 538 g/mol. The average Bonchev–Trinajstić information content (AvgIpc) is 3.36. The average molecular weight is 539 g/mol. The predicted molar refractivity (Wildman–Crippen MR) is 129 cm³/mol. The number of nitrogens with zero attached hydrogens (tertiary/aromatic N) is 3. The molecule has 8 nitrogen and oxygen atoms in total. The maximum absolute atomic E-state index is 12.5. The first-order valence-electron chi connectivity index (χ1n) is 9.79. The highest BCUT2D eigenvalue weighted by atomic mass is 79.9. The number of hydrogen-bond acceptors (Lipinski definition) is 8. The third-order valence-electron chi connectivity index (χ3n) is 4.40. The number of esters is 1. The van der Waals surface area contributed by atoms with Gasteiger partial charge < -0.3 is 19.4 Å². The molecule has 0 fully saturated rings. The van der Waals surface area contributed by atoms with Crippen molar-refractivity contribution in [1.29, 1.82) is 0 Å².